The number of alkyl halides is 3. The van der Waals surface area contributed by atoms with Crippen molar-refractivity contribution in [2.75, 3.05) is 32.7 Å². The van der Waals surface area contributed by atoms with Crippen molar-refractivity contribution in [3.63, 3.8) is 0 Å². The Morgan fingerprint density at radius 3 is 2.10 bits per heavy atom. The first-order valence-electron chi connectivity index (χ1n) is 6.74. The van der Waals surface area contributed by atoms with Gasteiger partial charge in [0, 0.05) is 26.2 Å². The summed E-state index contributed by atoms with van der Waals surface area (Å²) in [6.45, 7) is 7.97. The van der Waals surface area contributed by atoms with E-state index in [1.54, 1.807) is 17.1 Å². The second-order valence-corrected chi connectivity index (χ2v) is 5.18. The van der Waals surface area contributed by atoms with Gasteiger partial charge in [0.25, 0.3) is 0 Å². The molecule has 0 unspecified atom stereocenters. The molecule has 0 spiro atoms. The molecule has 0 radical (unpaired) electrons. The smallest absolute Gasteiger partial charge is 0.380 e. The first kappa shape index (κ1) is 17.7. The Kier molecular flexibility index (Phi) is 5.98. The highest BCUT2D eigenvalue weighted by Crippen LogP contribution is 2.38. The van der Waals surface area contributed by atoms with Gasteiger partial charge in [-0.15, -0.1) is 13.2 Å². The van der Waals surface area contributed by atoms with Gasteiger partial charge in [-0.2, -0.15) is 13.2 Å². The molecule has 7 heteroatoms. The minimum absolute atomic E-state index is 0.0373. The fourth-order valence-corrected chi connectivity index (χ4v) is 2.25. The lowest BCUT2D eigenvalue weighted by Gasteiger charge is -2.39. The molecule has 0 saturated carbocycles. The van der Waals surface area contributed by atoms with Gasteiger partial charge < -0.3 is 10.0 Å². The Bertz CT molecular complexity index is 378. The molecule has 0 aromatic heterocycles. The molecule has 1 fully saturated rings. The number of hydrogen-bond acceptors (Lipinski definition) is 3. The first-order valence-corrected chi connectivity index (χ1v) is 6.74. The monoisotopic (exact) mass is 306 g/mol. The highest BCUT2D eigenvalue weighted by molar-refractivity contribution is 5.78. The van der Waals surface area contributed by atoms with Crippen molar-refractivity contribution in [3.05, 3.63) is 25.3 Å². The Balaban J connectivity index is 2.53. The van der Waals surface area contributed by atoms with E-state index in [1.165, 1.54) is 4.90 Å². The lowest BCUT2D eigenvalue weighted by molar-refractivity contribution is -0.272. The van der Waals surface area contributed by atoms with E-state index < -0.39 is 24.6 Å². The number of aliphatic hydroxyl groups is 1. The SMILES string of the molecule is C=CCN(CC=C)C(=O)CN1CCC(O)(C(F)(F)F)CC1. The maximum atomic E-state index is 12.7. The molecule has 1 N–H and O–H groups in total. The Labute approximate surface area is 122 Å². The Morgan fingerprint density at radius 1 is 1.24 bits per heavy atom. The van der Waals surface area contributed by atoms with Crippen molar-refractivity contribution >= 4 is 5.91 Å². The third kappa shape index (κ3) is 4.57. The van der Waals surface area contributed by atoms with Crippen molar-refractivity contribution in [2.45, 2.75) is 24.6 Å². The van der Waals surface area contributed by atoms with Crippen LogP contribution in [0.2, 0.25) is 0 Å². The molecule has 1 aliphatic heterocycles. The van der Waals surface area contributed by atoms with E-state index in [4.69, 9.17) is 0 Å². The molecule has 0 aromatic carbocycles. The van der Waals surface area contributed by atoms with Crippen LogP contribution in [-0.2, 0) is 4.79 Å². The van der Waals surface area contributed by atoms with Gasteiger partial charge in [0.1, 0.15) is 0 Å². The minimum atomic E-state index is -4.62. The summed E-state index contributed by atoms with van der Waals surface area (Å²) < 4.78 is 38.0. The van der Waals surface area contributed by atoms with Gasteiger partial charge in [-0.1, -0.05) is 12.2 Å². The van der Waals surface area contributed by atoms with Crippen LogP contribution in [0.1, 0.15) is 12.8 Å². The van der Waals surface area contributed by atoms with Crippen molar-refractivity contribution in [2.24, 2.45) is 0 Å². The number of hydrogen-bond donors (Lipinski definition) is 1. The number of amides is 1. The molecule has 0 bridgehead atoms. The summed E-state index contributed by atoms with van der Waals surface area (Å²) in [5.74, 6) is -0.188. The van der Waals surface area contributed by atoms with E-state index in [1.807, 2.05) is 0 Å². The van der Waals surface area contributed by atoms with E-state index in [-0.39, 0.29) is 25.5 Å². The molecule has 1 heterocycles. The van der Waals surface area contributed by atoms with Crippen LogP contribution in [0.4, 0.5) is 13.2 Å². The van der Waals surface area contributed by atoms with E-state index in [0.717, 1.165) is 0 Å². The largest absolute Gasteiger partial charge is 0.417 e. The summed E-state index contributed by atoms with van der Waals surface area (Å²) >= 11 is 0. The molecular weight excluding hydrogens is 285 g/mol. The van der Waals surface area contributed by atoms with Gasteiger partial charge >= 0.3 is 6.18 Å². The average molecular weight is 306 g/mol. The van der Waals surface area contributed by atoms with E-state index in [2.05, 4.69) is 13.2 Å². The molecule has 4 nitrogen and oxygen atoms in total. The summed E-state index contributed by atoms with van der Waals surface area (Å²) in [5, 5.41) is 9.56. The molecule has 0 aromatic rings. The maximum Gasteiger partial charge on any atom is 0.417 e. The summed E-state index contributed by atoms with van der Waals surface area (Å²) in [6.07, 6.45) is -2.28. The molecule has 0 aliphatic carbocycles. The predicted octanol–water partition coefficient (Wildman–Crippen LogP) is 1.58. The Hall–Kier alpha value is -1.34. The average Bonchev–Trinajstić information content (AvgIpc) is 2.40. The molecule has 1 aliphatic rings. The molecule has 1 saturated heterocycles. The minimum Gasteiger partial charge on any atom is -0.380 e. The highest BCUT2D eigenvalue weighted by Gasteiger charge is 2.54. The number of piperidine rings is 1. The van der Waals surface area contributed by atoms with Gasteiger partial charge in [0.15, 0.2) is 5.60 Å². The molecular formula is C14H21F3N2O2. The summed E-state index contributed by atoms with van der Waals surface area (Å²) in [4.78, 5) is 15.2. The van der Waals surface area contributed by atoms with Crippen LogP contribution in [0, 0.1) is 0 Å². The van der Waals surface area contributed by atoms with E-state index in [9.17, 15) is 23.1 Å². The fraction of sp³-hybridized carbons (Fsp3) is 0.643. The van der Waals surface area contributed by atoms with Crippen LogP contribution in [0.3, 0.4) is 0 Å². The van der Waals surface area contributed by atoms with Crippen LogP contribution in [0.25, 0.3) is 0 Å². The number of nitrogens with zero attached hydrogens (tertiary/aromatic N) is 2. The van der Waals surface area contributed by atoms with Crippen molar-refractivity contribution in [1.82, 2.24) is 9.80 Å². The number of carbonyl (C=O) groups excluding carboxylic acids is 1. The lowest BCUT2D eigenvalue weighted by Crippen LogP contribution is -2.54. The lowest BCUT2D eigenvalue weighted by atomic mass is 9.91. The van der Waals surface area contributed by atoms with Crippen LogP contribution in [0.15, 0.2) is 25.3 Å². The number of likely N-dealkylation sites (tertiary alicyclic amines) is 1. The predicted molar refractivity (Wildman–Crippen MR) is 73.7 cm³/mol. The molecule has 21 heavy (non-hydrogen) atoms. The normalized spacial score (nSPS) is 19.0. The van der Waals surface area contributed by atoms with Crippen LogP contribution < -0.4 is 0 Å². The maximum absolute atomic E-state index is 12.7. The quantitative estimate of drug-likeness (QED) is 0.758. The molecule has 0 atom stereocenters. The summed E-state index contributed by atoms with van der Waals surface area (Å²) in [5.41, 5.74) is -2.63. The second kappa shape index (κ2) is 7.09. The van der Waals surface area contributed by atoms with Gasteiger partial charge in [-0.3, -0.25) is 9.69 Å². The summed E-state index contributed by atoms with van der Waals surface area (Å²) in [7, 11) is 0. The van der Waals surface area contributed by atoms with Gasteiger partial charge in [-0.25, -0.2) is 0 Å². The third-order valence-electron chi connectivity index (χ3n) is 3.62. The number of rotatable bonds is 6. The Morgan fingerprint density at radius 2 is 1.71 bits per heavy atom. The summed E-state index contributed by atoms with van der Waals surface area (Å²) in [6, 6.07) is 0. The van der Waals surface area contributed by atoms with Crippen LogP contribution in [-0.4, -0.2) is 65.3 Å². The first-order chi connectivity index (χ1) is 9.73. The van der Waals surface area contributed by atoms with Gasteiger partial charge in [0.05, 0.1) is 6.54 Å². The molecule has 1 rings (SSSR count). The fourth-order valence-electron chi connectivity index (χ4n) is 2.25. The number of carbonyl (C=O) groups is 1. The van der Waals surface area contributed by atoms with E-state index in [0.29, 0.717) is 13.1 Å². The van der Waals surface area contributed by atoms with E-state index >= 15 is 0 Å². The van der Waals surface area contributed by atoms with Gasteiger partial charge in [0.2, 0.25) is 5.91 Å². The van der Waals surface area contributed by atoms with Crippen LogP contribution in [0.5, 0.6) is 0 Å². The second-order valence-electron chi connectivity index (χ2n) is 5.18. The molecule has 120 valence electrons. The third-order valence-corrected chi connectivity index (χ3v) is 3.62. The zero-order chi connectivity index (χ0) is 16.1. The highest BCUT2D eigenvalue weighted by atomic mass is 19.4. The van der Waals surface area contributed by atoms with Crippen molar-refractivity contribution in [3.8, 4) is 0 Å². The zero-order valence-corrected chi connectivity index (χ0v) is 11.9. The standard InChI is InChI=1S/C14H21F3N2O2/c1-3-7-19(8-4-2)12(20)11-18-9-5-13(21,6-10-18)14(15,16)17/h3-4,21H,1-2,5-11H2. The topological polar surface area (TPSA) is 43.8 Å². The van der Waals surface area contributed by atoms with Crippen molar-refractivity contribution < 1.29 is 23.1 Å². The molecule has 1 amide bonds. The van der Waals surface area contributed by atoms with Crippen LogP contribution >= 0.6 is 0 Å². The number of halogens is 3. The van der Waals surface area contributed by atoms with Crippen molar-refractivity contribution in [1.29, 1.82) is 0 Å². The zero-order valence-electron chi connectivity index (χ0n) is 11.9. The van der Waals surface area contributed by atoms with Gasteiger partial charge in [-0.05, 0) is 12.8 Å².